The molecule has 1 aromatic heterocycles. The summed E-state index contributed by atoms with van der Waals surface area (Å²) in [6, 6.07) is 16.0. The zero-order valence-corrected chi connectivity index (χ0v) is 18.9. The largest absolute Gasteiger partial charge is 0.350 e. The van der Waals surface area contributed by atoms with Gasteiger partial charge in [0.15, 0.2) is 0 Å². The van der Waals surface area contributed by atoms with Gasteiger partial charge in [0.05, 0.1) is 35.4 Å². The van der Waals surface area contributed by atoms with Crippen molar-refractivity contribution < 1.29 is 22.8 Å². The Morgan fingerprint density at radius 3 is 2.25 bits per heavy atom. The molecular formula is C27H21F3N4O2. The number of amides is 2. The lowest BCUT2D eigenvalue weighted by Gasteiger charge is -2.29. The summed E-state index contributed by atoms with van der Waals surface area (Å²) >= 11 is 0. The summed E-state index contributed by atoms with van der Waals surface area (Å²) in [5.41, 5.74) is 2.70. The van der Waals surface area contributed by atoms with Crippen LogP contribution in [0.2, 0.25) is 0 Å². The van der Waals surface area contributed by atoms with E-state index in [-0.39, 0.29) is 24.6 Å². The van der Waals surface area contributed by atoms with Gasteiger partial charge in [-0.05, 0) is 66.6 Å². The van der Waals surface area contributed by atoms with E-state index in [0.29, 0.717) is 16.9 Å². The second-order valence-corrected chi connectivity index (χ2v) is 9.21. The SMILES string of the molecule is O=C(NC1CC(=O)N(c2ccc3c(cnn3-c3ccc(F)cc3)c2)[C@H]1c1ccc(F)cc1)[C@H]1C[C@H]1F. The summed E-state index contributed by atoms with van der Waals surface area (Å²) in [5, 5.41) is 8.02. The molecule has 2 aliphatic rings. The number of nitrogens with one attached hydrogen (secondary N) is 1. The van der Waals surface area contributed by atoms with Crippen molar-refractivity contribution in [3.05, 3.63) is 90.1 Å². The third-order valence-electron chi connectivity index (χ3n) is 6.81. The highest BCUT2D eigenvalue weighted by Crippen LogP contribution is 2.40. The highest BCUT2D eigenvalue weighted by molar-refractivity contribution is 6.00. The summed E-state index contributed by atoms with van der Waals surface area (Å²) in [5.74, 6) is -2.07. The zero-order valence-electron chi connectivity index (χ0n) is 18.9. The fourth-order valence-electron chi connectivity index (χ4n) is 4.89. The normalized spacial score (nSPS) is 23.3. The van der Waals surface area contributed by atoms with Crippen molar-refractivity contribution in [3.63, 3.8) is 0 Å². The smallest absolute Gasteiger partial charge is 0.229 e. The molecule has 0 spiro atoms. The Hall–Kier alpha value is -4.14. The van der Waals surface area contributed by atoms with Crippen LogP contribution in [0.3, 0.4) is 0 Å². The van der Waals surface area contributed by atoms with Crippen LogP contribution in [0.4, 0.5) is 18.9 Å². The summed E-state index contributed by atoms with van der Waals surface area (Å²) in [7, 11) is 0. The molecule has 3 aromatic carbocycles. The maximum Gasteiger partial charge on any atom is 0.229 e. The van der Waals surface area contributed by atoms with Gasteiger partial charge in [-0.1, -0.05) is 12.1 Å². The van der Waals surface area contributed by atoms with Crippen LogP contribution in [0, 0.1) is 17.6 Å². The number of nitrogens with zero attached hydrogens (tertiary/aromatic N) is 3. The molecule has 4 aromatic rings. The lowest BCUT2D eigenvalue weighted by Crippen LogP contribution is -2.41. The highest BCUT2D eigenvalue weighted by Gasteiger charge is 2.48. The Morgan fingerprint density at radius 2 is 1.58 bits per heavy atom. The Balaban J connectivity index is 1.37. The summed E-state index contributed by atoms with van der Waals surface area (Å²) < 4.78 is 42.1. The highest BCUT2D eigenvalue weighted by atomic mass is 19.1. The van der Waals surface area contributed by atoms with E-state index in [9.17, 15) is 22.8 Å². The first-order valence-electron chi connectivity index (χ1n) is 11.6. The third-order valence-corrected chi connectivity index (χ3v) is 6.81. The van der Waals surface area contributed by atoms with Crippen LogP contribution >= 0.6 is 0 Å². The van der Waals surface area contributed by atoms with Gasteiger partial charge in [0, 0.05) is 17.5 Å². The number of aromatic nitrogens is 2. The number of carbonyl (C=O) groups is 2. The van der Waals surface area contributed by atoms with E-state index in [1.807, 2.05) is 12.1 Å². The predicted octanol–water partition coefficient (Wildman–Crippen LogP) is 4.62. The first-order chi connectivity index (χ1) is 17.4. The number of rotatable bonds is 5. The standard InChI is InChI=1S/C27H21F3N4O2/c28-17-3-1-15(2-4-17)26-23(32-27(36)21-12-22(21)30)13-25(35)33(26)20-9-10-24-16(11-20)14-31-34(24)19-7-5-18(29)6-8-19/h1-11,14,21-23,26H,12-13H2,(H,32,36)/t21-,22+,23?,26-/m0/s1. The van der Waals surface area contributed by atoms with Crippen LogP contribution in [0.25, 0.3) is 16.6 Å². The van der Waals surface area contributed by atoms with Gasteiger partial charge in [-0.3, -0.25) is 9.59 Å². The number of hydrogen-bond acceptors (Lipinski definition) is 3. The summed E-state index contributed by atoms with van der Waals surface area (Å²) in [4.78, 5) is 27.3. The molecule has 9 heteroatoms. The van der Waals surface area contributed by atoms with E-state index in [1.54, 1.807) is 46.1 Å². The molecule has 1 unspecified atom stereocenters. The topological polar surface area (TPSA) is 67.2 Å². The van der Waals surface area contributed by atoms with Crippen molar-refractivity contribution in [3.8, 4) is 5.69 Å². The molecule has 6 rings (SSSR count). The number of anilines is 1. The molecular weight excluding hydrogens is 469 g/mol. The Morgan fingerprint density at radius 1 is 0.944 bits per heavy atom. The number of carbonyl (C=O) groups excluding carboxylic acids is 2. The van der Waals surface area contributed by atoms with Crippen LogP contribution in [0.1, 0.15) is 24.4 Å². The van der Waals surface area contributed by atoms with Crippen molar-refractivity contribution in [1.82, 2.24) is 15.1 Å². The summed E-state index contributed by atoms with van der Waals surface area (Å²) in [6.07, 6.45) is 0.724. The molecule has 1 aliphatic carbocycles. The zero-order chi connectivity index (χ0) is 25.0. The van der Waals surface area contributed by atoms with Crippen LogP contribution in [0.5, 0.6) is 0 Å². The van der Waals surface area contributed by atoms with Gasteiger partial charge in [-0.2, -0.15) is 5.10 Å². The molecule has 0 radical (unpaired) electrons. The average Bonchev–Trinajstić information content (AvgIpc) is 3.32. The van der Waals surface area contributed by atoms with Crippen molar-refractivity contribution >= 4 is 28.4 Å². The molecule has 4 atom stereocenters. The average molecular weight is 490 g/mol. The molecule has 1 saturated heterocycles. The molecule has 1 N–H and O–H groups in total. The van der Waals surface area contributed by atoms with E-state index >= 15 is 0 Å². The number of hydrogen-bond donors (Lipinski definition) is 1. The van der Waals surface area contributed by atoms with E-state index in [1.165, 1.54) is 24.3 Å². The van der Waals surface area contributed by atoms with Gasteiger partial charge >= 0.3 is 0 Å². The monoisotopic (exact) mass is 490 g/mol. The number of alkyl halides is 1. The number of fused-ring (bicyclic) bond motifs is 1. The van der Waals surface area contributed by atoms with Crippen LogP contribution in [-0.4, -0.2) is 33.8 Å². The van der Waals surface area contributed by atoms with E-state index < -0.39 is 35.9 Å². The first-order valence-corrected chi connectivity index (χ1v) is 11.6. The molecule has 182 valence electrons. The minimum Gasteiger partial charge on any atom is -0.350 e. The van der Waals surface area contributed by atoms with E-state index in [0.717, 1.165) is 10.9 Å². The molecule has 2 fully saturated rings. The van der Waals surface area contributed by atoms with Crippen LogP contribution in [-0.2, 0) is 9.59 Å². The molecule has 2 amide bonds. The minimum absolute atomic E-state index is 0.0321. The van der Waals surface area contributed by atoms with Gasteiger partial charge in [-0.25, -0.2) is 17.9 Å². The Labute approximate surface area is 204 Å². The van der Waals surface area contributed by atoms with Gasteiger partial charge in [0.25, 0.3) is 0 Å². The Kier molecular flexibility index (Phi) is 5.28. The summed E-state index contributed by atoms with van der Waals surface area (Å²) in [6.45, 7) is 0. The molecule has 0 bridgehead atoms. The lowest BCUT2D eigenvalue weighted by atomic mass is 9.99. The molecule has 2 heterocycles. The second kappa shape index (κ2) is 8.51. The fraction of sp³-hybridized carbons (Fsp3) is 0.222. The molecule has 1 saturated carbocycles. The van der Waals surface area contributed by atoms with Crippen molar-refractivity contribution in [2.24, 2.45) is 5.92 Å². The van der Waals surface area contributed by atoms with Gasteiger partial charge in [0.1, 0.15) is 17.8 Å². The number of halogens is 3. The fourth-order valence-corrected chi connectivity index (χ4v) is 4.89. The van der Waals surface area contributed by atoms with E-state index in [2.05, 4.69) is 10.4 Å². The van der Waals surface area contributed by atoms with Gasteiger partial charge in [-0.15, -0.1) is 0 Å². The number of benzene rings is 3. The van der Waals surface area contributed by atoms with Crippen molar-refractivity contribution in [2.75, 3.05) is 4.90 Å². The van der Waals surface area contributed by atoms with Gasteiger partial charge < -0.3 is 10.2 Å². The maximum absolute atomic E-state index is 13.7. The van der Waals surface area contributed by atoms with Crippen LogP contribution < -0.4 is 10.2 Å². The lowest BCUT2D eigenvalue weighted by molar-refractivity contribution is -0.123. The molecule has 36 heavy (non-hydrogen) atoms. The Bertz CT molecular complexity index is 1470. The maximum atomic E-state index is 13.7. The van der Waals surface area contributed by atoms with Crippen molar-refractivity contribution in [1.29, 1.82) is 0 Å². The first kappa shape index (κ1) is 22.3. The minimum atomic E-state index is -1.15. The molecule has 1 aliphatic heterocycles. The van der Waals surface area contributed by atoms with Gasteiger partial charge in [0.2, 0.25) is 11.8 Å². The quantitative estimate of drug-likeness (QED) is 0.444. The third kappa shape index (κ3) is 3.90. The van der Waals surface area contributed by atoms with Crippen LogP contribution in [0.15, 0.2) is 72.9 Å². The second-order valence-electron chi connectivity index (χ2n) is 9.21. The van der Waals surface area contributed by atoms with Crippen molar-refractivity contribution in [2.45, 2.75) is 31.1 Å². The predicted molar refractivity (Wildman–Crippen MR) is 127 cm³/mol. The molecule has 6 nitrogen and oxygen atoms in total. The van der Waals surface area contributed by atoms with E-state index in [4.69, 9.17) is 0 Å².